The molecule has 55 heavy (non-hydrogen) atoms. The van der Waals surface area contributed by atoms with Crippen molar-refractivity contribution < 1.29 is 124 Å². The fourth-order valence-electron chi connectivity index (χ4n) is 6.80. The van der Waals surface area contributed by atoms with Gasteiger partial charge in [0.1, 0.15) is 103 Å². The van der Waals surface area contributed by atoms with Crippen molar-refractivity contribution in [3.8, 4) is 0 Å². The van der Waals surface area contributed by atoms with Crippen LogP contribution in [-0.4, -0.2) is 249 Å². The standard InChI is InChI=1S/C30H50O25/c1-6-22(41)30(2,46)23(42)29(49-6)54-20-14(36)18(40)27(55-21(20)24(43)44)48-5-9-19(53-28-16(38)10(32)7(3-31)51-28)13(35)17(39)26(52-9)47-4-8-11(33)12(34)15(37)25(45)50-8/h6-23,25-29,31-42,45-46H,3-5H2,1-2H3,(H,43,44). The Balaban J connectivity index is 1.31. The summed E-state index contributed by atoms with van der Waals surface area (Å²) in [6.07, 6.45) is -41.9. The van der Waals surface area contributed by atoms with Gasteiger partial charge in [-0.15, -0.1) is 0 Å². The van der Waals surface area contributed by atoms with Gasteiger partial charge in [-0.25, -0.2) is 4.79 Å². The van der Waals surface area contributed by atoms with Gasteiger partial charge >= 0.3 is 5.97 Å². The van der Waals surface area contributed by atoms with E-state index in [1.54, 1.807) is 0 Å². The van der Waals surface area contributed by atoms with Crippen molar-refractivity contribution >= 4 is 5.97 Å². The van der Waals surface area contributed by atoms with Gasteiger partial charge in [0.15, 0.2) is 37.6 Å². The summed E-state index contributed by atoms with van der Waals surface area (Å²) in [7, 11) is 0. The van der Waals surface area contributed by atoms with Gasteiger partial charge in [0.25, 0.3) is 0 Å². The van der Waals surface area contributed by atoms with Crippen molar-refractivity contribution in [3.05, 3.63) is 0 Å². The summed E-state index contributed by atoms with van der Waals surface area (Å²) in [5.74, 6) is -1.77. The summed E-state index contributed by atoms with van der Waals surface area (Å²) in [6, 6.07) is 0. The first-order valence-electron chi connectivity index (χ1n) is 17.2. The molecule has 25 heteroatoms. The maximum absolute atomic E-state index is 12.3. The van der Waals surface area contributed by atoms with Crippen LogP contribution in [0.4, 0.5) is 0 Å². The molecule has 0 amide bonds. The molecule has 320 valence electrons. The van der Waals surface area contributed by atoms with E-state index in [-0.39, 0.29) is 0 Å². The maximum atomic E-state index is 12.3. The van der Waals surface area contributed by atoms with Crippen molar-refractivity contribution in [2.24, 2.45) is 0 Å². The average molecular weight is 811 g/mol. The highest BCUT2D eigenvalue weighted by atomic mass is 16.8. The van der Waals surface area contributed by atoms with Crippen molar-refractivity contribution in [3.63, 3.8) is 0 Å². The normalized spacial score (nSPS) is 53.6. The Morgan fingerprint density at radius 1 is 0.564 bits per heavy atom. The summed E-state index contributed by atoms with van der Waals surface area (Å²) in [5.41, 5.74) is -2.21. The number of ether oxygens (including phenoxy) is 9. The Morgan fingerprint density at radius 2 is 1.07 bits per heavy atom. The van der Waals surface area contributed by atoms with Crippen LogP contribution in [0.25, 0.3) is 0 Å². The molecule has 0 aliphatic carbocycles. The van der Waals surface area contributed by atoms with Crippen LogP contribution >= 0.6 is 0 Å². The molecule has 0 radical (unpaired) electrons. The van der Waals surface area contributed by atoms with E-state index in [1.165, 1.54) is 6.92 Å². The van der Waals surface area contributed by atoms with E-state index >= 15 is 0 Å². The van der Waals surface area contributed by atoms with Gasteiger partial charge in [0.2, 0.25) is 0 Å². The molecule has 5 saturated heterocycles. The van der Waals surface area contributed by atoms with E-state index in [2.05, 4.69) is 0 Å². The Bertz CT molecular complexity index is 1260. The van der Waals surface area contributed by atoms with Crippen molar-refractivity contribution in [1.82, 2.24) is 0 Å². The predicted octanol–water partition coefficient (Wildman–Crippen LogP) is -9.78. The predicted molar refractivity (Wildman–Crippen MR) is 164 cm³/mol. The third-order valence-electron chi connectivity index (χ3n) is 10.3. The van der Waals surface area contributed by atoms with Crippen LogP contribution in [0.2, 0.25) is 0 Å². The SMILES string of the molecule is CC1OC(OC2C(C(=O)O)OC(OCC3OC(OCC4OC(O)C(O)C(O)C4O)C(O)C(O)C3OC3OC(CO)C(O)C3O)C(O)C2O)C(O)C(C)(O)C1O. The van der Waals surface area contributed by atoms with E-state index in [0.29, 0.717) is 0 Å². The summed E-state index contributed by atoms with van der Waals surface area (Å²) < 4.78 is 49.0. The Labute approximate surface area is 310 Å². The van der Waals surface area contributed by atoms with Gasteiger partial charge in [0.05, 0.1) is 25.9 Å². The largest absolute Gasteiger partial charge is 0.479 e. The van der Waals surface area contributed by atoms with Crippen molar-refractivity contribution in [1.29, 1.82) is 0 Å². The first kappa shape index (κ1) is 44.6. The van der Waals surface area contributed by atoms with Gasteiger partial charge in [-0.3, -0.25) is 0 Å². The third kappa shape index (κ3) is 8.94. The smallest absolute Gasteiger partial charge is 0.335 e. The minimum atomic E-state index is -2.21. The van der Waals surface area contributed by atoms with E-state index in [9.17, 15) is 81.4 Å². The molecule has 0 aromatic carbocycles. The number of hydrogen-bond acceptors (Lipinski definition) is 24. The molecular weight excluding hydrogens is 760 g/mol. The number of aliphatic hydroxyl groups is 14. The first-order chi connectivity index (χ1) is 25.7. The van der Waals surface area contributed by atoms with E-state index < -0.39 is 173 Å². The molecule has 25 nitrogen and oxygen atoms in total. The Kier molecular flexibility index (Phi) is 14.5. The fraction of sp³-hybridized carbons (Fsp3) is 0.967. The number of hydrogen-bond donors (Lipinski definition) is 15. The first-order valence-corrected chi connectivity index (χ1v) is 17.2. The van der Waals surface area contributed by atoms with Gasteiger partial charge in [-0.2, -0.15) is 0 Å². The van der Waals surface area contributed by atoms with E-state index in [4.69, 9.17) is 42.6 Å². The Morgan fingerprint density at radius 3 is 1.65 bits per heavy atom. The lowest BCUT2D eigenvalue weighted by Crippen LogP contribution is -2.68. The zero-order valence-corrected chi connectivity index (χ0v) is 29.2. The summed E-state index contributed by atoms with van der Waals surface area (Å²) in [4.78, 5) is 12.3. The van der Waals surface area contributed by atoms with Gasteiger partial charge in [-0.05, 0) is 13.8 Å². The monoisotopic (exact) mass is 810 g/mol. The van der Waals surface area contributed by atoms with Gasteiger partial charge in [0, 0.05) is 0 Å². The number of carboxylic acid groups (broad SMARTS) is 1. The number of rotatable bonds is 12. The molecule has 0 saturated carbocycles. The highest BCUT2D eigenvalue weighted by Crippen LogP contribution is 2.35. The lowest BCUT2D eigenvalue weighted by molar-refractivity contribution is -0.370. The molecule has 0 bridgehead atoms. The van der Waals surface area contributed by atoms with E-state index in [1.807, 2.05) is 0 Å². The quantitative estimate of drug-likeness (QED) is 0.0870. The van der Waals surface area contributed by atoms with Crippen LogP contribution in [0, 0.1) is 0 Å². The molecule has 15 N–H and O–H groups in total. The molecule has 0 aromatic heterocycles. The molecule has 0 spiro atoms. The second-order valence-corrected chi connectivity index (χ2v) is 14.2. The van der Waals surface area contributed by atoms with Crippen LogP contribution < -0.4 is 0 Å². The molecule has 5 aliphatic rings. The lowest BCUT2D eigenvalue weighted by atomic mass is 9.86. The minimum Gasteiger partial charge on any atom is -0.479 e. The number of carbonyl (C=O) groups is 1. The highest BCUT2D eigenvalue weighted by Gasteiger charge is 2.57. The van der Waals surface area contributed by atoms with Crippen LogP contribution in [0.3, 0.4) is 0 Å². The minimum absolute atomic E-state index is 0.741. The summed E-state index contributed by atoms with van der Waals surface area (Å²) in [5, 5.41) is 155. The number of aliphatic hydroxyl groups excluding tert-OH is 13. The Hall–Kier alpha value is -1.45. The van der Waals surface area contributed by atoms with Crippen LogP contribution in [0.5, 0.6) is 0 Å². The van der Waals surface area contributed by atoms with Gasteiger partial charge in [-0.1, -0.05) is 0 Å². The highest BCUT2D eigenvalue weighted by molar-refractivity contribution is 5.73. The number of aliphatic carboxylic acids is 1. The molecule has 5 rings (SSSR count). The van der Waals surface area contributed by atoms with Crippen LogP contribution in [0.15, 0.2) is 0 Å². The van der Waals surface area contributed by atoms with Crippen LogP contribution in [-0.2, 0) is 47.4 Å². The molecule has 5 aliphatic heterocycles. The lowest BCUT2D eigenvalue weighted by Gasteiger charge is -2.48. The molecule has 5 heterocycles. The maximum Gasteiger partial charge on any atom is 0.335 e. The van der Waals surface area contributed by atoms with Crippen LogP contribution in [0.1, 0.15) is 13.8 Å². The van der Waals surface area contributed by atoms with E-state index in [0.717, 1.165) is 6.92 Å². The molecule has 24 atom stereocenters. The average Bonchev–Trinajstić information content (AvgIpc) is 3.42. The topological polar surface area (TPSA) is 404 Å². The molecule has 5 fully saturated rings. The second kappa shape index (κ2) is 17.8. The fourth-order valence-corrected chi connectivity index (χ4v) is 6.80. The molecular formula is C30H50O25. The number of carboxylic acids is 1. The third-order valence-corrected chi connectivity index (χ3v) is 10.3. The second-order valence-electron chi connectivity index (χ2n) is 14.2. The molecule has 24 unspecified atom stereocenters. The van der Waals surface area contributed by atoms with Crippen molar-refractivity contribution in [2.75, 3.05) is 19.8 Å². The zero-order chi connectivity index (χ0) is 40.8. The summed E-state index contributed by atoms with van der Waals surface area (Å²) >= 11 is 0. The van der Waals surface area contributed by atoms with Gasteiger partial charge < -0.3 is 119 Å². The zero-order valence-electron chi connectivity index (χ0n) is 29.2. The molecule has 0 aromatic rings. The summed E-state index contributed by atoms with van der Waals surface area (Å²) in [6.45, 7) is 0.00953. The van der Waals surface area contributed by atoms with Crippen molar-refractivity contribution in [2.45, 2.75) is 161 Å².